The molecule has 2 heterocycles. The van der Waals surface area contributed by atoms with E-state index in [9.17, 15) is 4.79 Å². The highest BCUT2D eigenvalue weighted by Gasteiger charge is 2.25. The Morgan fingerprint density at radius 3 is 2.40 bits per heavy atom. The maximum absolute atomic E-state index is 12.1. The lowest BCUT2D eigenvalue weighted by Crippen LogP contribution is -2.50. The number of rotatable bonds is 6. The second kappa shape index (κ2) is 7.96. The second-order valence-electron chi connectivity index (χ2n) is 6.38. The van der Waals surface area contributed by atoms with Gasteiger partial charge in [0, 0.05) is 38.8 Å². The summed E-state index contributed by atoms with van der Waals surface area (Å²) in [5, 5.41) is 6.46. The smallest absolute Gasteiger partial charge is 0.234 e. The highest BCUT2D eigenvalue weighted by molar-refractivity contribution is 5.78. The van der Waals surface area contributed by atoms with Crippen LogP contribution in [-0.2, 0) is 4.79 Å². The van der Waals surface area contributed by atoms with Crippen LogP contribution in [0.5, 0.6) is 0 Å². The van der Waals surface area contributed by atoms with E-state index in [1.54, 1.807) is 0 Å². The summed E-state index contributed by atoms with van der Waals surface area (Å²) < 4.78 is 0. The molecule has 0 aromatic carbocycles. The molecule has 2 aliphatic rings. The van der Waals surface area contributed by atoms with E-state index in [4.69, 9.17) is 0 Å². The quantitative estimate of drug-likeness (QED) is 0.727. The van der Waals surface area contributed by atoms with Crippen molar-refractivity contribution in [2.75, 3.05) is 52.4 Å². The van der Waals surface area contributed by atoms with Gasteiger partial charge in [-0.3, -0.25) is 14.6 Å². The van der Waals surface area contributed by atoms with Gasteiger partial charge in [-0.05, 0) is 31.8 Å². The van der Waals surface area contributed by atoms with Gasteiger partial charge in [0.25, 0.3) is 0 Å². The van der Waals surface area contributed by atoms with Crippen LogP contribution in [0.4, 0.5) is 0 Å². The highest BCUT2D eigenvalue weighted by atomic mass is 16.2. The van der Waals surface area contributed by atoms with Crippen LogP contribution in [0.25, 0.3) is 0 Å². The number of hydrogen-bond donors (Lipinski definition) is 2. The number of piperazine rings is 1. The minimum Gasteiger partial charge on any atom is -0.353 e. The number of likely N-dealkylation sites (tertiary alicyclic amines) is 1. The van der Waals surface area contributed by atoms with Gasteiger partial charge in [-0.2, -0.15) is 0 Å². The highest BCUT2D eigenvalue weighted by Crippen LogP contribution is 2.17. The zero-order valence-electron chi connectivity index (χ0n) is 13.0. The molecule has 2 saturated heterocycles. The van der Waals surface area contributed by atoms with Gasteiger partial charge in [-0.25, -0.2) is 0 Å². The van der Waals surface area contributed by atoms with Gasteiger partial charge in [0.15, 0.2) is 0 Å². The molecule has 20 heavy (non-hydrogen) atoms. The molecule has 2 fully saturated rings. The molecule has 0 aromatic rings. The van der Waals surface area contributed by atoms with Crippen molar-refractivity contribution in [2.24, 2.45) is 5.92 Å². The average Bonchev–Trinajstić information content (AvgIpc) is 2.93. The Kier molecular flexibility index (Phi) is 6.26. The summed E-state index contributed by atoms with van der Waals surface area (Å²) in [5.74, 6) is 0.768. The van der Waals surface area contributed by atoms with Gasteiger partial charge in [0.2, 0.25) is 5.91 Å². The minimum atomic E-state index is 0.178. The number of carbonyl (C=O) groups excluding carboxylic acids is 1. The predicted octanol–water partition coefficient (Wildman–Crippen LogP) is 0.128. The average molecular weight is 282 g/mol. The Labute approximate surface area is 123 Å². The summed E-state index contributed by atoms with van der Waals surface area (Å²) in [6.45, 7) is 12.2. The van der Waals surface area contributed by atoms with Crippen molar-refractivity contribution in [1.29, 1.82) is 0 Å². The first kappa shape index (κ1) is 15.7. The molecule has 0 aromatic heterocycles. The van der Waals surface area contributed by atoms with Gasteiger partial charge in [0.05, 0.1) is 6.54 Å². The second-order valence-corrected chi connectivity index (χ2v) is 6.38. The van der Waals surface area contributed by atoms with E-state index in [0.717, 1.165) is 32.7 Å². The van der Waals surface area contributed by atoms with E-state index in [0.29, 0.717) is 18.5 Å². The lowest BCUT2D eigenvalue weighted by atomic mass is 10.0. The standard InChI is InChI=1S/C15H30N4O/c1-13(2)14(19-7-3-4-8-19)11-17-15(20)12-18-9-5-16-6-10-18/h13-14,16H,3-12H2,1-2H3,(H,17,20). The van der Waals surface area contributed by atoms with Crippen molar-refractivity contribution in [3.8, 4) is 0 Å². The summed E-state index contributed by atoms with van der Waals surface area (Å²) in [7, 11) is 0. The van der Waals surface area contributed by atoms with Crippen molar-refractivity contribution in [3.05, 3.63) is 0 Å². The number of amides is 1. The van der Waals surface area contributed by atoms with Crippen LogP contribution in [0.1, 0.15) is 26.7 Å². The third kappa shape index (κ3) is 4.72. The van der Waals surface area contributed by atoms with Crippen molar-refractivity contribution < 1.29 is 4.79 Å². The zero-order chi connectivity index (χ0) is 14.4. The Morgan fingerprint density at radius 1 is 1.15 bits per heavy atom. The molecule has 2 N–H and O–H groups in total. The summed E-state index contributed by atoms with van der Waals surface area (Å²) in [5.41, 5.74) is 0. The fourth-order valence-electron chi connectivity index (χ4n) is 3.21. The van der Waals surface area contributed by atoms with Crippen LogP contribution in [-0.4, -0.2) is 74.1 Å². The molecule has 5 nitrogen and oxygen atoms in total. The Hall–Kier alpha value is -0.650. The van der Waals surface area contributed by atoms with Crippen molar-refractivity contribution in [3.63, 3.8) is 0 Å². The molecular weight excluding hydrogens is 252 g/mol. The fraction of sp³-hybridized carbons (Fsp3) is 0.933. The normalized spacial score (nSPS) is 23.1. The third-order valence-electron chi connectivity index (χ3n) is 4.46. The minimum absolute atomic E-state index is 0.178. The fourth-order valence-corrected chi connectivity index (χ4v) is 3.21. The SMILES string of the molecule is CC(C)C(CNC(=O)CN1CCNCC1)N1CCCC1. The molecule has 2 rings (SSSR count). The van der Waals surface area contributed by atoms with E-state index in [2.05, 4.69) is 34.3 Å². The van der Waals surface area contributed by atoms with Crippen LogP contribution in [0, 0.1) is 5.92 Å². The van der Waals surface area contributed by atoms with Crippen LogP contribution >= 0.6 is 0 Å². The van der Waals surface area contributed by atoms with Gasteiger partial charge >= 0.3 is 0 Å². The van der Waals surface area contributed by atoms with Crippen LogP contribution < -0.4 is 10.6 Å². The molecule has 1 atom stereocenters. The first-order valence-electron chi connectivity index (χ1n) is 8.10. The topological polar surface area (TPSA) is 47.6 Å². The molecule has 0 aliphatic carbocycles. The van der Waals surface area contributed by atoms with E-state index in [1.807, 2.05) is 0 Å². The summed E-state index contributed by atoms with van der Waals surface area (Å²) in [6.07, 6.45) is 2.61. The first-order valence-corrected chi connectivity index (χ1v) is 8.10. The van der Waals surface area contributed by atoms with Gasteiger partial charge in [0.1, 0.15) is 0 Å². The molecule has 0 saturated carbocycles. The zero-order valence-corrected chi connectivity index (χ0v) is 13.0. The monoisotopic (exact) mass is 282 g/mol. The van der Waals surface area contributed by atoms with Crippen molar-refractivity contribution >= 4 is 5.91 Å². The predicted molar refractivity (Wildman–Crippen MR) is 81.8 cm³/mol. The van der Waals surface area contributed by atoms with Crippen molar-refractivity contribution in [2.45, 2.75) is 32.7 Å². The lowest BCUT2D eigenvalue weighted by Gasteiger charge is -2.31. The largest absolute Gasteiger partial charge is 0.353 e. The van der Waals surface area contributed by atoms with Gasteiger partial charge in [-0.15, -0.1) is 0 Å². The molecule has 5 heteroatoms. The first-order chi connectivity index (χ1) is 9.66. The lowest BCUT2D eigenvalue weighted by molar-refractivity contribution is -0.122. The van der Waals surface area contributed by atoms with E-state index < -0.39 is 0 Å². The summed E-state index contributed by atoms with van der Waals surface area (Å²) in [6, 6.07) is 0.490. The number of hydrogen-bond acceptors (Lipinski definition) is 4. The van der Waals surface area contributed by atoms with E-state index in [-0.39, 0.29) is 5.91 Å². The van der Waals surface area contributed by atoms with Crippen molar-refractivity contribution in [1.82, 2.24) is 20.4 Å². The molecule has 1 unspecified atom stereocenters. The molecule has 2 aliphatic heterocycles. The Balaban J connectivity index is 1.72. The molecule has 0 bridgehead atoms. The summed E-state index contributed by atoms with van der Waals surface area (Å²) >= 11 is 0. The third-order valence-corrected chi connectivity index (χ3v) is 4.46. The van der Waals surface area contributed by atoms with Crippen LogP contribution in [0.3, 0.4) is 0 Å². The number of nitrogens with zero attached hydrogens (tertiary/aromatic N) is 2. The maximum Gasteiger partial charge on any atom is 0.234 e. The van der Waals surface area contributed by atoms with Crippen LogP contribution in [0.15, 0.2) is 0 Å². The summed E-state index contributed by atoms with van der Waals surface area (Å²) in [4.78, 5) is 16.8. The molecule has 116 valence electrons. The Bertz CT molecular complexity index is 296. The molecule has 1 amide bonds. The molecule has 0 spiro atoms. The number of nitrogens with one attached hydrogen (secondary N) is 2. The number of carbonyl (C=O) groups is 1. The maximum atomic E-state index is 12.1. The van der Waals surface area contributed by atoms with Crippen LogP contribution in [0.2, 0.25) is 0 Å². The van der Waals surface area contributed by atoms with Gasteiger partial charge < -0.3 is 10.6 Å². The van der Waals surface area contributed by atoms with E-state index >= 15 is 0 Å². The van der Waals surface area contributed by atoms with E-state index in [1.165, 1.54) is 25.9 Å². The van der Waals surface area contributed by atoms with Gasteiger partial charge in [-0.1, -0.05) is 13.8 Å². The Morgan fingerprint density at radius 2 is 1.80 bits per heavy atom. The molecular formula is C15H30N4O. The molecule has 0 radical (unpaired) electrons.